The minimum absolute atomic E-state index is 0.282. The van der Waals surface area contributed by atoms with E-state index in [-0.39, 0.29) is 6.03 Å². The zero-order valence-electron chi connectivity index (χ0n) is 18.5. The second-order valence-corrected chi connectivity index (χ2v) is 7.91. The first-order valence-corrected chi connectivity index (χ1v) is 11.7. The van der Waals surface area contributed by atoms with Crippen molar-refractivity contribution in [3.05, 3.63) is 53.6 Å². The van der Waals surface area contributed by atoms with E-state index in [1.165, 1.54) is 44.9 Å². The quantitative estimate of drug-likeness (QED) is 0.288. The highest BCUT2D eigenvalue weighted by molar-refractivity contribution is 6.32. The summed E-state index contributed by atoms with van der Waals surface area (Å²) in [6, 6.07) is 14.4. The molecule has 2 aromatic rings. The third-order valence-corrected chi connectivity index (χ3v) is 5.17. The van der Waals surface area contributed by atoms with Gasteiger partial charge in [0, 0.05) is 5.69 Å². The molecule has 0 fully saturated rings. The smallest absolute Gasteiger partial charge is 0.319 e. The van der Waals surface area contributed by atoms with Crippen molar-refractivity contribution in [2.24, 2.45) is 0 Å². The lowest BCUT2D eigenvalue weighted by atomic mass is 10.1. The Balaban J connectivity index is 1.53. The number of halogens is 1. The van der Waals surface area contributed by atoms with Crippen LogP contribution in [0.15, 0.2) is 48.5 Å². The highest BCUT2D eigenvalue weighted by Crippen LogP contribution is 2.22. The van der Waals surface area contributed by atoms with Gasteiger partial charge >= 0.3 is 6.03 Å². The Hall–Kier alpha value is -2.40. The van der Waals surface area contributed by atoms with Crippen molar-refractivity contribution in [2.75, 3.05) is 25.1 Å². The van der Waals surface area contributed by atoms with Crippen LogP contribution in [0.5, 0.6) is 11.5 Å². The molecule has 0 aromatic heterocycles. The summed E-state index contributed by atoms with van der Waals surface area (Å²) in [4.78, 5) is 12.0. The minimum Gasteiger partial charge on any atom is -0.494 e. The van der Waals surface area contributed by atoms with Gasteiger partial charge in [-0.1, -0.05) is 75.6 Å². The van der Waals surface area contributed by atoms with Crippen LogP contribution in [0.4, 0.5) is 10.5 Å². The Morgan fingerprint density at radius 2 is 1.52 bits per heavy atom. The molecule has 170 valence electrons. The van der Waals surface area contributed by atoms with E-state index in [0.717, 1.165) is 18.8 Å². The van der Waals surface area contributed by atoms with E-state index in [1.54, 1.807) is 12.1 Å². The average molecular weight is 447 g/mol. The normalized spacial score (nSPS) is 10.5. The fourth-order valence-electron chi connectivity index (χ4n) is 3.12. The fourth-order valence-corrected chi connectivity index (χ4v) is 3.31. The van der Waals surface area contributed by atoms with Gasteiger partial charge < -0.3 is 20.1 Å². The van der Waals surface area contributed by atoms with E-state index < -0.39 is 0 Å². The van der Waals surface area contributed by atoms with Crippen LogP contribution < -0.4 is 20.1 Å². The molecule has 5 nitrogen and oxygen atoms in total. The maximum Gasteiger partial charge on any atom is 0.319 e. The van der Waals surface area contributed by atoms with Crippen LogP contribution in [0.3, 0.4) is 0 Å². The summed E-state index contributed by atoms with van der Waals surface area (Å²) in [5, 5.41) is 6.11. The number of rotatable bonds is 15. The van der Waals surface area contributed by atoms with Crippen molar-refractivity contribution in [1.82, 2.24) is 5.32 Å². The van der Waals surface area contributed by atoms with Crippen molar-refractivity contribution in [3.63, 3.8) is 0 Å². The van der Waals surface area contributed by atoms with Crippen LogP contribution in [0, 0.1) is 0 Å². The highest BCUT2D eigenvalue weighted by Gasteiger charge is 2.03. The van der Waals surface area contributed by atoms with Gasteiger partial charge in [-0.25, -0.2) is 4.79 Å². The van der Waals surface area contributed by atoms with E-state index in [9.17, 15) is 4.79 Å². The molecule has 0 radical (unpaired) electrons. The first-order valence-electron chi connectivity index (χ1n) is 11.3. The Bertz CT molecular complexity index is 753. The monoisotopic (exact) mass is 446 g/mol. The summed E-state index contributed by atoms with van der Waals surface area (Å²) < 4.78 is 11.3. The molecule has 6 heteroatoms. The number of para-hydroxylation sites is 1. The number of unbranched alkanes of at least 4 members (excludes halogenated alkanes) is 7. The summed E-state index contributed by atoms with van der Waals surface area (Å²) in [5.41, 5.74) is 0.712. The summed E-state index contributed by atoms with van der Waals surface area (Å²) in [6.07, 6.45) is 10.3. The molecule has 0 atom stereocenters. The maximum absolute atomic E-state index is 12.0. The number of ether oxygens (including phenoxy) is 2. The standard InChI is InChI=1S/C25H35ClN2O3/c1-2-3-4-5-6-7-8-11-19-30-22-16-14-21(15-17-22)28-25(29)27-18-20-31-24-13-10-9-12-23(24)26/h9-10,12-17H,2-8,11,18-20H2,1H3,(H2,27,28,29). The minimum atomic E-state index is -0.282. The van der Waals surface area contributed by atoms with Crippen LogP contribution in [-0.2, 0) is 0 Å². The molecule has 2 rings (SSSR count). The third kappa shape index (κ3) is 11.0. The van der Waals surface area contributed by atoms with Gasteiger partial charge in [0.1, 0.15) is 18.1 Å². The number of hydrogen-bond donors (Lipinski definition) is 2. The number of nitrogens with one attached hydrogen (secondary N) is 2. The first kappa shape index (κ1) is 24.9. The molecule has 0 bridgehead atoms. The summed E-state index contributed by atoms with van der Waals surface area (Å²) >= 11 is 6.03. The summed E-state index contributed by atoms with van der Waals surface area (Å²) in [5.74, 6) is 1.43. The van der Waals surface area contributed by atoms with Gasteiger partial charge in [0.05, 0.1) is 18.2 Å². The van der Waals surface area contributed by atoms with Crippen LogP contribution in [-0.4, -0.2) is 25.8 Å². The fraction of sp³-hybridized carbons (Fsp3) is 0.480. The molecule has 0 heterocycles. The van der Waals surface area contributed by atoms with Crippen LogP contribution >= 0.6 is 11.6 Å². The van der Waals surface area contributed by atoms with Crippen LogP contribution in [0.25, 0.3) is 0 Å². The van der Waals surface area contributed by atoms with Crippen molar-refractivity contribution < 1.29 is 14.3 Å². The predicted octanol–water partition coefficient (Wildman–Crippen LogP) is 7.06. The number of benzene rings is 2. The highest BCUT2D eigenvalue weighted by atomic mass is 35.5. The molecule has 0 aliphatic rings. The number of hydrogen-bond acceptors (Lipinski definition) is 3. The molecule has 0 aliphatic heterocycles. The Morgan fingerprint density at radius 3 is 2.23 bits per heavy atom. The number of carbonyl (C=O) groups is 1. The lowest BCUT2D eigenvalue weighted by Gasteiger charge is -2.11. The van der Waals surface area contributed by atoms with Gasteiger partial charge in [-0.2, -0.15) is 0 Å². The van der Waals surface area contributed by atoms with Gasteiger partial charge in [-0.3, -0.25) is 0 Å². The zero-order valence-corrected chi connectivity index (χ0v) is 19.3. The van der Waals surface area contributed by atoms with Crippen molar-refractivity contribution >= 4 is 23.3 Å². The van der Waals surface area contributed by atoms with E-state index in [1.807, 2.05) is 36.4 Å². The molecule has 0 unspecified atom stereocenters. The molecule has 31 heavy (non-hydrogen) atoms. The second kappa shape index (κ2) is 15.4. The number of anilines is 1. The Labute approximate surface area is 191 Å². The van der Waals surface area contributed by atoms with Gasteiger partial charge in [-0.05, 0) is 42.8 Å². The van der Waals surface area contributed by atoms with E-state index in [0.29, 0.717) is 29.6 Å². The van der Waals surface area contributed by atoms with E-state index >= 15 is 0 Å². The molecule has 0 aliphatic carbocycles. The number of urea groups is 1. The summed E-state index contributed by atoms with van der Waals surface area (Å²) in [7, 11) is 0. The SMILES string of the molecule is CCCCCCCCCCOc1ccc(NC(=O)NCCOc2ccccc2Cl)cc1. The molecule has 0 spiro atoms. The van der Waals surface area contributed by atoms with Gasteiger partial charge in [-0.15, -0.1) is 0 Å². The Kier molecular flexibility index (Phi) is 12.4. The largest absolute Gasteiger partial charge is 0.494 e. The van der Waals surface area contributed by atoms with Gasteiger partial charge in [0.2, 0.25) is 0 Å². The molecular weight excluding hydrogens is 412 g/mol. The van der Waals surface area contributed by atoms with Crippen molar-refractivity contribution in [3.8, 4) is 11.5 Å². The molecule has 2 N–H and O–H groups in total. The van der Waals surface area contributed by atoms with E-state index in [4.69, 9.17) is 21.1 Å². The molecular formula is C25H35ClN2O3. The molecule has 2 amide bonds. The maximum atomic E-state index is 12.0. The van der Waals surface area contributed by atoms with Gasteiger partial charge in [0.25, 0.3) is 0 Å². The topological polar surface area (TPSA) is 59.6 Å². The van der Waals surface area contributed by atoms with Crippen LogP contribution in [0.1, 0.15) is 58.3 Å². The van der Waals surface area contributed by atoms with Crippen molar-refractivity contribution in [2.45, 2.75) is 58.3 Å². The molecule has 0 saturated carbocycles. The predicted molar refractivity (Wildman–Crippen MR) is 129 cm³/mol. The molecule has 2 aromatic carbocycles. The number of amides is 2. The van der Waals surface area contributed by atoms with Gasteiger partial charge in [0.15, 0.2) is 0 Å². The van der Waals surface area contributed by atoms with E-state index in [2.05, 4.69) is 17.6 Å². The Morgan fingerprint density at radius 1 is 0.839 bits per heavy atom. The van der Waals surface area contributed by atoms with Crippen LogP contribution in [0.2, 0.25) is 5.02 Å². The zero-order chi connectivity index (χ0) is 22.2. The average Bonchev–Trinajstić information content (AvgIpc) is 2.78. The lowest BCUT2D eigenvalue weighted by molar-refractivity contribution is 0.247. The first-order chi connectivity index (χ1) is 15.2. The second-order valence-electron chi connectivity index (χ2n) is 7.51. The van der Waals surface area contributed by atoms with Crippen molar-refractivity contribution in [1.29, 1.82) is 0 Å². The summed E-state index contributed by atoms with van der Waals surface area (Å²) in [6.45, 7) is 3.68. The lowest BCUT2D eigenvalue weighted by Crippen LogP contribution is -2.32. The number of carbonyl (C=O) groups excluding carboxylic acids is 1. The molecule has 0 saturated heterocycles. The third-order valence-electron chi connectivity index (χ3n) is 4.86.